The Hall–Kier alpha value is -5.01. The standard InChI is InChI=1S/C28H28ClN7O3S.C4F6O2/c1-40(37,38)36-10-8-35(9-11-36)26-16-20(5-7-30-26)21-13-19-6-12-39-24-4-2-3-22(17-24)32-27-25(29)18-31-28(34-27)33-23(14-19)15-21;5-3(6,7)1(11)2(12)4(8,9)10/h2-5,7,13-18H,6,8-12H2,1H3,(H2,31,32,33,34);. The number of aromatic nitrogens is 3. The first-order valence-corrected chi connectivity index (χ1v) is 17.4. The first-order chi connectivity index (χ1) is 24.4. The van der Waals surface area contributed by atoms with Gasteiger partial charge in [0.25, 0.3) is 0 Å². The zero-order valence-corrected chi connectivity index (χ0v) is 28.5. The van der Waals surface area contributed by atoms with Crippen LogP contribution in [0.1, 0.15) is 5.56 Å². The maximum Gasteiger partial charge on any atom is 0.458 e. The summed E-state index contributed by atoms with van der Waals surface area (Å²) in [5, 5.41) is 6.98. The van der Waals surface area contributed by atoms with Crippen molar-refractivity contribution >= 4 is 62.1 Å². The van der Waals surface area contributed by atoms with Gasteiger partial charge in [0.2, 0.25) is 16.0 Å². The maximum absolute atomic E-state index is 11.9. The van der Waals surface area contributed by atoms with Gasteiger partial charge in [0.05, 0.1) is 19.1 Å². The molecule has 0 aliphatic carbocycles. The number of anilines is 5. The number of alkyl halides is 6. The van der Waals surface area contributed by atoms with Crippen molar-refractivity contribution in [1.82, 2.24) is 19.3 Å². The molecule has 1 fully saturated rings. The number of carbonyl (C=O) groups is 2. The van der Waals surface area contributed by atoms with Crippen molar-refractivity contribution in [1.29, 1.82) is 0 Å². The van der Waals surface area contributed by atoms with Crippen LogP contribution in [0.5, 0.6) is 5.75 Å². The first kappa shape index (κ1) is 38.2. The third-order valence-corrected chi connectivity index (χ3v) is 9.16. The zero-order chi connectivity index (χ0) is 37.8. The van der Waals surface area contributed by atoms with E-state index < -0.39 is 33.9 Å². The highest BCUT2D eigenvalue weighted by Gasteiger charge is 2.54. The van der Waals surface area contributed by atoms with Crippen LogP contribution in [0.3, 0.4) is 0 Å². The quantitative estimate of drug-likeness (QED) is 0.188. The maximum atomic E-state index is 11.9. The molecule has 4 heterocycles. The molecule has 0 spiro atoms. The van der Waals surface area contributed by atoms with E-state index in [9.17, 15) is 44.3 Å². The van der Waals surface area contributed by atoms with Crippen LogP contribution >= 0.6 is 11.6 Å². The van der Waals surface area contributed by atoms with E-state index in [4.69, 9.17) is 16.3 Å². The molecule has 0 atom stereocenters. The summed E-state index contributed by atoms with van der Waals surface area (Å²) >= 11 is 6.38. The lowest BCUT2D eigenvalue weighted by Gasteiger charge is -2.34. The summed E-state index contributed by atoms with van der Waals surface area (Å²) in [7, 11) is -3.20. The van der Waals surface area contributed by atoms with E-state index in [1.807, 2.05) is 42.5 Å². The molecule has 0 unspecified atom stereocenters. The normalized spacial score (nSPS) is 15.1. The number of Topliss-reactive ketones (excluding diaryl/α,β-unsaturated/α-hetero) is 2. The summed E-state index contributed by atoms with van der Waals surface area (Å²) in [6.45, 7) is 2.55. The number of nitrogens with zero attached hydrogens (tertiary/aromatic N) is 5. The zero-order valence-electron chi connectivity index (χ0n) is 26.9. The first-order valence-electron chi connectivity index (χ1n) is 15.2. The summed E-state index contributed by atoms with van der Waals surface area (Å²) in [6, 6.07) is 17.9. The summed E-state index contributed by atoms with van der Waals surface area (Å²) in [5.41, 5.74) is 4.72. The fourth-order valence-corrected chi connectivity index (χ4v) is 6.05. The van der Waals surface area contributed by atoms with Crippen molar-refractivity contribution in [3.05, 3.63) is 77.6 Å². The van der Waals surface area contributed by atoms with E-state index in [0.29, 0.717) is 56.0 Å². The average molecular weight is 772 g/mol. The second kappa shape index (κ2) is 15.3. The van der Waals surface area contributed by atoms with Crippen LogP contribution in [0.4, 0.5) is 55.3 Å². The van der Waals surface area contributed by atoms with Crippen molar-refractivity contribution in [2.24, 2.45) is 0 Å². The Morgan fingerprint density at radius 2 is 1.54 bits per heavy atom. The molecule has 20 heteroatoms. The molecular formula is C32H28ClF6N7O5S. The lowest BCUT2D eigenvalue weighted by atomic mass is 10.0. The van der Waals surface area contributed by atoms with Gasteiger partial charge in [0.15, 0.2) is 5.82 Å². The molecule has 4 aromatic rings. The molecular weight excluding hydrogens is 744 g/mol. The van der Waals surface area contributed by atoms with Crippen LogP contribution in [-0.4, -0.2) is 90.6 Å². The molecule has 2 aliphatic heterocycles. The minimum atomic E-state index is -5.77. The van der Waals surface area contributed by atoms with Gasteiger partial charge in [-0.1, -0.05) is 23.7 Å². The highest BCUT2D eigenvalue weighted by atomic mass is 35.5. The number of ketones is 2. The van der Waals surface area contributed by atoms with E-state index >= 15 is 0 Å². The number of piperazine rings is 1. The number of halogens is 7. The Morgan fingerprint density at radius 3 is 2.19 bits per heavy atom. The van der Waals surface area contributed by atoms with Crippen molar-refractivity contribution in [2.45, 2.75) is 18.8 Å². The third kappa shape index (κ3) is 9.86. The van der Waals surface area contributed by atoms with E-state index in [-0.39, 0.29) is 0 Å². The van der Waals surface area contributed by atoms with E-state index in [2.05, 4.69) is 42.6 Å². The molecule has 0 saturated carbocycles. The number of rotatable bonds is 4. The third-order valence-electron chi connectivity index (χ3n) is 7.58. The SMILES string of the molecule is CS(=O)(=O)N1CCN(c2cc(-c3cc4cc(c3)Nc3ncc(Cl)c(n3)Nc3cccc(c3)OCC4)ccn2)CC1.O=C(C(=O)C(F)(F)F)C(F)(F)F. The topological polar surface area (TPSA) is 147 Å². The molecule has 2 N–H and O–H groups in total. The molecule has 12 nitrogen and oxygen atoms in total. The number of hydrogen-bond acceptors (Lipinski definition) is 11. The number of pyridine rings is 1. The predicted molar refractivity (Wildman–Crippen MR) is 180 cm³/mol. The van der Waals surface area contributed by atoms with Crippen molar-refractivity contribution in [2.75, 3.05) is 54.6 Å². The molecule has 2 aliphatic rings. The molecule has 0 amide bonds. The number of hydrogen-bond donors (Lipinski definition) is 2. The molecule has 1 saturated heterocycles. The van der Waals surface area contributed by atoms with Crippen LogP contribution in [0, 0.1) is 0 Å². The Bertz CT molecular complexity index is 2050. The van der Waals surface area contributed by atoms with Crippen molar-refractivity contribution in [3.63, 3.8) is 0 Å². The highest BCUT2D eigenvalue weighted by Crippen LogP contribution is 2.31. The van der Waals surface area contributed by atoms with Gasteiger partial charge in [0, 0.05) is 56.2 Å². The van der Waals surface area contributed by atoms with Gasteiger partial charge in [-0.05, 0) is 53.1 Å². The van der Waals surface area contributed by atoms with E-state index in [1.165, 1.54) is 10.6 Å². The van der Waals surface area contributed by atoms with Crippen molar-refractivity contribution < 1.29 is 49.1 Å². The van der Waals surface area contributed by atoms with Gasteiger partial charge in [-0.15, -0.1) is 0 Å². The fraction of sp³-hybridized carbons (Fsp3) is 0.281. The average Bonchev–Trinajstić information content (AvgIpc) is 3.08. The Morgan fingerprint density at radius 1 is 0.846 bits per heavy atom. The Kier molecular flexibility index (Phi) is 11.3. The molecule has 2 aromatic carbocycles. The van der Waals surface area contributed by atoms with Gasteiger partial charge >= 0.3 is 23.9 Å². The molecule has 2 aromatic heterocycles. The van der Waals surface area contributed by atoms with Crippen LogP contribution < -0.4 is 20.3 Å². The van der Waals surface area contributed by atoms with E-state index in [0.717, 1.165) is 39.6 Å². The number of benzene rings is 2. The van der Waals surface area contributed by atoms with Gasteiger partial charge in [0.1, 0.15) is 16.6 Å². The highest BCUT2D eigenvalue weighted by molar-refractivity contribution is 7.88. The second-order valence-corrected chi connectivity index (χ2v) is 13.8. The summed E-state index contributed by atoms with van der Waals surface area (Å²) in [6.07, 6.45) is -6.25. The number of sulfonamides is 1. The number of fused-ring (bicyclic) bond motifs is 6. The number of ether oxygens (including phenoxy) is 1. The monoisotopic (exact) mass is 771 g/mol. The van der Waals surface area contributed by atoms with Gasteiger partial charge in [-0.2, -0.15) is 35.6 Å². The second-order valence-electron chi connectivity index (χ2n) is 11.4. The van der Waals surface area contributed by atoms with Crippen LogP contribution in [-0.2, 0) is 26.0 Å². The number of carbonyl (C=O) groups excluding carboxylic acids is 2. The molecule has 6 bridgehead atoms. The summed E-state index contributed by atoms with van der Waals surface area (Å²) in [4.78, 5) is 34.9. The summed E-state index contributed by atoms with van der Waals surface area (Å²) in [5.74, 6) is -4.35. The minimum absolute atomic E-state index is 0.403. The van der Waals surface area contributed by atoms with Crippen molar-refractivity contribution in [3.8, 4) is 16.9 Å². The van der Waals surface area contributed by atoms with Crippen LogP contribution in [0.2, 0.25) is 5.02 Å². The Labute approximate surface area is 297 Å². The van der Waals surface area contributed by atoms with Crippen LogP contribution in [0.25, 0.3) is 11.1 Å². The largest absolute Gasteiger partial charge is 0.493 e. The van der Waals surface area contributed by atoms with Gasteiger partial charge in [-0.3, -0.25) is 9.59 Å². The minimum Gasteiger partial charge on any atom is -0.493 e. The molecule has 276 valence electrons. The Balaban J connectivity index is 0.000000376. The van der Waals surface area contributed by atoms with Gasteiger partial charge in [-0.25, -0.2) is 18.4 Å². The van der Waals surface area contributed by atoms with E-state index in [1.54, 1.807) is 12.4 Å². The lowest BCUT2D eigenvalue weighted by molar-refractivity contribution is -0.193. The summed E-state index contributed by atoms with van der Waals surface area (Å²) < 4.78 is 98.4. The fourth-order valence-electron chi connectivity index (χ4n) is 5.08. The smallest absolute Gasteiger partial charge is 0.458 e. The van der Waals surface area contributed by atoms with Crippen LogP contribution in [0.15, 0.2) is 67.0 Å². The lowest BCUT2D eigenvalue weighted by Crippen LogP contribution is -2.48. The predicted octanol–water partition coefficient (Wildman–Crippen LogP) is 5.94. The molecule has 6 rings (SSSR count). The van der Waals surface area contributed by atoms with Gasteiger partial charge < -0.3 is 20.3 Å². The molecule has 52 heavy (non-hydrogen) atoms. The molecule has 0 radical (unpaired) electrons. The number of nitrogens with one attached hydrogen (secondary N) is 2.